The lowest BCUT2D eigenvalue weighted by atomic mass is 10.3. The fourth-order valence-electron chi connectivity index (χ4n) is 2.01. The number of ether oxygens (including phenoxy) is 1. The summed E-state index contributed by atoms with van der Waals surface area (Å²) in [5.74, 6) is 2.50. The van der Waals surface area contributed by atoms with Crippen molar-refractivity contribution >= 4 is 29.1 Å². The van der Waals surface area contributed by atoms with Crippen LogP contribution < -0.4 is 4.74 Å². The summed E-state index contributed by atoms with van der Waals surface area (Å²) in [4.78, 5) is 11.0. The summed E-state index contributed by atoms with van der Waals surface area (Å²) in [6.07, 6.45) is 3.22. The second-order valence-electron chi connectivity index (χ2n) is 5.19. The highest BCUT2D eigenvalue weighted by atomic mass is 35.5. The van der Waals surface area contributed by atoms with Crippen molar-refractivity contribution in [3.8, 4) is 5.75 Å². The van der Waals surface area contributed by atoms with E-state index in [0.717, 1.165) is 28.9 Å². The zero-order valence-corrected chi connectivity index (χ0v) is 15.1. The van der Waals surface area contributed by atoms with Gasteiger partial charge < -0.3 is 9.53 Å². The molecular formula is C17H20ClN3O2S. The highest BCUT2D eigenvalue weighted by Gasteiger charge is 2.12. The van der Waals surface area contributed by atoms with Gasteiger partial charge in [0.05, 0.1) is 0 Å². The van der Waals surface area contributed by atoms with Crippen LogP contribution in [0.25, 0.3) is 0 Å². The van der Waals surface area contributed by atoms with E-state index >= 15 is 0 Å². The van der Waals surface area contributed by atoms with Crippen LogP contribution in [0.3, 0.4) is 0 Å². The van der Waals surface area contributed by atoms with E-state index in [1.165, 1.54) is 0 Å². The molecule has 0 radical (unpaired) electrons. The molecule has 0 spiro atoms. The third kappa shape index (κ3) is 5.69. The predicted molar refractivity (Wildman–Crippen MR) is 96.6 cm³/mol. The molecule has 7 heteroatoms. The first kappa shape index (κ1) is 18.5. The lowest BCUT2D eigenvalue weighted by Crippen LogP contribution is -2.07. The topological polar surface area (TPSA) is 57.0 Å². The number of hydrogen-bond acceptors (Lipinski definition) is 5. The molecule has 0 fully saturated rings. The average Bonchev–Trinajstić information content (AvgIpc) is 2.93. The second kappa shape index (κ2) is 9.49. The van der Waals surface area contributed by atoms with Gasteiger partial charge in [-0.2, -0.15) is 0 Å². The minimum atomic E-state index is 0.209. The molecule has 0 N–H and O–H groups in total. The van der Waals surface area contributed by atoms with Gasteiger partial charge in [-0.25, -0.2) is 0 Å². The van der Waals surface area contributed by atoms with Gasteiger partial charge in [-0.1, -0.05) is 29.4 Å². The van der Waals surface area contributed by atoms with Crippen molar-refractivity contribution < 1.29 is 9.53 Å². The van der Waals surface area contributed by atoms with Crippen LogP contribution in [0.2, 0.25) is 5.02 Å². The summed E-state index contributed by atoms with van der Waals surface area (Å²) in [6.45, 7) is 6.32. The number of rotatable bonds is 10. The van der Waals surface area contributed by atoms with Gasteiger partial charge in [0.2, 0.25) is 0 Å². The Hall–Kier alpha value is -1.79. The average molecular weight is 366 g/mol. The molecule has 24 heavy (non-hydrogen) atoms. The quantitative estimate of drug-likeness (QED) is 0.359. The molecule has 2 aromatic rings. The Bertz CT molecular complexity index is 686. The Morgan fingerprint density at radius 3 is 2.79 bits per heavy atom. The van der Waals surface area contributed by atoms with Gasteiger partial charge in [0.15, 0.2) is 11.0 Å². The van der Waals surface area contributed by atoms with Crippen LogP contribution in [-0.4, -0.2) is 26.3 Å². The number of carbonyl (C=O) groups is 1. The molecule has 0 aliphatic rings. The van der Waals surface area contributed by atoms with Crippen LogP contribution in [0.15, 0.2) is 42.1 Å². The van der Waals surface area contributed by atoms with E-state index in [4.69, 9.17) is 16.3 Å². The fraction of sp³-hybridized carbons (Fsp3) is 0.353. The first-order valence-corrected chi connectivity index (χ1v) is 9.00. The summed E-state index contributed by atoms with van der Waals surface area (Å²) in [6, 6.07) is 7.19. The number of ketones is 1. The van der Waals surface area contributed by atoms with Crippen molar-refractivity contribution in [2.24, 2.45) is 0 Å². The number of thioether (sulfide) groups is 1. The van der Waals surface area contributed by atoms with Crippen molar-refractivity contribution in [1.82, 2.24) is 14.8 Å². The van der Waals surface area contributed by atoms with Crippen LogP contribution >= 0.6 is 23.4 Å². The smallest absolute Gasteiger partial charge is 0.191 e. The number of aromatic nitrogens is 3. The SMILES string of the molecule is C=CCn1c(COc2ccc(Cl)cc2)nnc1SCCCC(C)=O. The van der Waals surface area contributed by atoms with E-state index < -0.39 is 0 Å². The van der Waals surface area contributed by atoms with Crippen molar-refractivity contribution in [1.29, 1.82) is 0 Å². The zero-order chi connectivity index (χ0) is 17.4. The third-order valence-corrected chi connectivity index (χ3v) is 4.50. The molecule has 2 rings (SSSR count). The van der Waals surface area contributed by atoms with E-state index in [9.17, 15) is 4.79 Å². The van der Waals surface area contributed by atoms with E-state index in [0.29, 0.717) is 24.6 Å². The van der Waals surface area contributed by atoms with E-state index in [-0.39, 0.29) is 5.78 Å². The van der Waals surface area contributed by atoms with Gasteiger partial charge in [-0.05, 0) is 37.6 Å². The summed E-state index contributed by atoms with van der Waals surface area (Å²) in [5, 5.41) is 9.91. The van der Waals surface area contributed by atoms with Gasteiger partial charge in [0.25, 0.3) is 0 Å². The van der Waals surface area contributed by atoms with Crippen molar-refractivity contribution in [3.05, 3.63) is 47.8 Å². The van der Waals surface area contributed by atoms with Crippen LogP contribution in [0.4, 0.5) is 0 Å². The van der Waals surface area contributed by atoms with E-state index in [1.807, 2.05) is 16.7 Å². The first-order chi connectivity index (χ1) is 11.6. The largest absolute Gasteiger partial charge is 0.486 e. The molecule has 0 bridgehead atoms. The standard InChI is InChI=1S/C17H20ClN3O2S/c1-3-10-21-16(12-23-15-8-6-14(18)7-9-15)19-20-17(21)24-11-4-5-13(2)22/h3,6-9H,1,4-5,10-12H2,2H3. The van der Waals surface area contributed by atoms with Crippen molar-refractivity contribution in [2.75, 3.05) is 5.75 Å². The molecule has 0 aliphatic carbocycles. The minimum absolute atomic E-state index is 0.209. The van der Waals surface area contributed by atoms with Crippen LogP contribution in [-0.2, 0) is 17.9 Å². The van der Waals surface area contributed by atoms with E-state index in [1.54, 1.807) is 36.9 Å². The van der Waals surface area contributed by atoms with Gasteiger partial charge in [0.1, 0.15) is 18.1 Å². The molecule has 128 valence electrons. The molecule has 1 aromatic heterocycles. The lowest BCUT2D eigenvalue weighted by Gasteiger charge is -2.09. The number of benzene rings is 1. The van der Waals surface area contributed by atoms with Gasteiger partial charge in [-0.15, -0.1) is 16.8 Å². The molecule has 0 unspecified atom stereocenters. The normalized spacial score (nSPS) is 10.6. The molecule has 1 aromatic carbocycles. The highest BCUT2D eigenvalue weighted by Crippen LogP contribution is 2.21. The number of halogens is 1. The maximum absolute atomic E-state index is 11.0. The molecule has 0 aliphatic heterocycles. The van der Waals surface area contributed by atoms with E-state index in [2.05, 4.69) is 16.8 Å². The Balaban J connectivity index is 1.97. The minimum Gasteiger partial charge on any atom is -0.486 e. The third-order valence-electron chi connectivity index (χ3n) is 3.19. The van der Waals surface area contributed by atoms with Crippen molar-refractivity contribution in [3.63, 3.8) is 0 Å². The maximum atomic E-state index is 11.0. The van der Waals surface area contributed by atoms with Gasteiger partial charge in [-0.3, -0.25) is 4.57 Å². The fourth-order valence-corrected chi connectivity index (χ4v) is 3.04. The number of allylic oxidation sites excluding steroid dienone is 1. The summed E-state index contributed by atoms with van der Waals surface area (Å²) in [5.41, 5.74) is 0. The molecular weight excluding hydrogens is 346 g/mol. The maximum Gasteiger partial charge on any atom is 0.191 e. The summed E-state index contributed by atoms with van der Waals surface area (Å²) >= 11 is 7.45. The monoisotopic (exact) mass is 365 g/mol. The lowest BCUT2D eigenvalue weighted by molar-refractivity contribution is -0.117. The molecule has 0 saturated carbocycles. The number of hydrogen-bond donors (Lipinski definition) is 0. The number of carbonyl (C=O) groups excluding carboxylic acids is 1. The first-order valence-electron chi connectivity index (χ1n) is 7.63. The predicted octanol–water partition coefficient (Wildman–Crippen LogP) is 4.16. The highest BCUT2D eigenvalue weighted by molar-refractivity contribution is 7.99. The molecule has 0 amide bonds. The van der Waals surface area contributed by atoms with Gasteiger partial charge >= 0.3 is 0 Å². The van der Waals surface area contributed by atoms with Crippen LogP contribution in [0.5, 0.6) is 5.75 Å². The number of nitrogens with zero attached hydrogens (tertiary/aromatic N) is 3. The molecule has 0 atom stereocenters. The molecule has 0 saturated heterocycles. The summed E-state index contributed by atoms with van der Waals surface area (Å²) in [7, 11) is 0. The second-order valence-corrected chi connectivity index (χ2v) is 6.69. The Kier molecular flexibility index (Phi) is 7.34. The van der Waals surface area contributed by atoms with Crippen LogP contribution in [0, 0.1) is 0 Å². The molecule has 5 nitrogen and oxygen atoms in total. The number of Topliss-reactive ketones (excluding diaryl/α,β-unsaturated/α-hetero) is 1. The van der Waals surface area contributed by atoms with Gasteiger partial charge in [0, 0.05) is 23.7 Å². The Morgan fingerprint density at radius 1 is 1.38 bits per heavy atom. The Labute approximate surface area is 151 Å². The van der Waals surface area contributed by atoms with Crippen LogP contribution in [0.1, 0.15) is 25.6 Å². The van der Waals surface area contributed by atoms with Crippen molar-refractivity contribution in [2.45, 2.75) is 38.1 Å². The Morgan fingerprint density at radius 2 is 2.12 bits per heavy atom. The molecule has 1 heterocycles. The zero-order valence-electron chi connectivity index (χ0n) is 13.6. The summed E-state index contributed by atoms with van der Waals surface area (Å²) < 4.78 is 7.71.